The third-order valence-electron chi connectivity index (χ3n) is 5.83. The van der Waals surface area contributed by atoms with Crippen LogP contribution in [-0.4, -0.2) is 16.1 Å². The summed E-state index contributed by atoms with van der Waals surface area (Å²) in [4.78, 5) is 14.4. The molecule has 0 aliphatic heterocycles. The average molecular weight is 377 g/mol. The number of aromatic nitrogens is 1. The molecule has 0 unspecified atom stereocenters. The molecule has 28 heavy (non-hydrogen) atoms. The van der Waals surface area contributed by atoms with E-state index in [1.807, 2.05) is 32.0 Å². The van der Waals surface area contributed by atoms with Crippen molar-refractivity contribution in [1.82, 2.24) is 4.98 Å². The molecule has 1 aliphatic carbocycles. The Morgan fingerprint density at radius 2 is 1.82 bits per heavy atom. The first-order valence-electron chi connectivity index (χ1n) is 10.1. The lowest BCUT2D eigenvalue weighted by Gasteiger charge is -2.21. The Bertz CT molecular complexity index is 989. The molecule has 1 aliphatic rings. The van der Waals surface area contributed by atoms with Crippen LogP contribution < -0.4 is 4.74 Å². The number of carbonyl (C=O) groups is 1. The Labute approximate surface area is 165 Å². The number of ether oxygens (including phenoxy) is 1. The van der Waals surface area contributed by atoms with E-state index in [1.54, 1.807) is 0 Å². The van der Waals surface area contributed by atoms with E-state index >= 15 is 0 Å². The van der Waals surface area contributed by atoms with Gasteiger partial charge in [0.2, 0.25) is 0 Å². The highest BCUT2D eigenvalue weighted by Gasteiger charge is 2.19. The molecule has 4 heteroatoms. The van der Waals surface area contributed by atoms with E-state index in [2.05, 4.69) is 23.3 Å². The van der Waals surface area contributed by atoms with Gasteiger partial charge in [0.15, 0.2) is 0 Å². The number of H-pyrrole nitrogens is 1. The van der Waals surface area contributed by atoms with Gasteiger partial charge in [-0.3, -0.25) is 4.79 Å². The van der Waals surface area contributed by atoms with Crippen LogP contribution in [0.4, 0.5) is 0 Å². The highest BCUT2D eigenvalue weighted by molar-refractivity contribution is 5.85. The Hall–Kier alpha value is -2.75. The maximum absolute atomic E-state index is 11.0. The summed E-state index contributed by atoms with van der Waals surface area (Å²) < 4.78 is 6.26. The van der Waals surface area contributed by atoms with Crippen LogP contribution in [-0.2, 0) is 11.2 Å². The van der Waals surface area contributed by atoms with Crippen molar-refractivity contribution in [2.24, 2.45) is 0 Å². The van der Waals surface area contributed by atoms with Crippen LogP contribution >= 0.6 is 0 Å². The Morgan fingerprint density at radius 1 is 1.11 bits per heavy atom. The fraction of sp³-hybridized carbons (Fsp3) is 0.375. The Balaban J connectivity index is 1.64. The smallest absolute Gasteiger partial charge is 0.307 e. The van der Waals surface area contributed by atoms with Gasteiger partial charge in [-0.25, -0.2) is 0 Å². The standard InChI is InChI=1S/C24H27NO3/c1-15-10-17(12-23(26)27)11-16(2)24(15)28-19-8-9-22-20(13-19)21(14-25-22)18-6-4-3-5-7-18/h8-11,13-14,18,25H,3-7,12H2,1-2H3,(H,26,27). The number of aromatic amines is 1. The van der Waals surface area contributed by atoms with Crippen molar-refractivity contribution in [3.05, 3.63) is 58.8 Å². The van der Waals surface area contributed by atoms with Crippen LogP contribution in [0.2, 0.25) is 0 Å². The molecular weight excluding hydrogens is 350 g/mol. The molecule has 146 valence electrons. The van der Waals surface area contributed by atoms with Crippen LogP contribution in [0.15, 0.2) is 36.5 Å². The van der Waals surface area contributed by atoms with E-state index in [9.17, 15) is 4.79 Å². The van der Waals surface area contributed by atoms with Gasteiger partial charge in [-0.1, -0.05) is 31.4 Å². The van der Waals surface area contributed by atoms with E-state index in [0.29, 0.717) is 5.92 Å². The highest BCUT2D eigenvalue weighted by Crippen LogP contribution is 2.38. The third-order valence-corrected chi connectivity index (χ3v) is 5.83. The normalized spacial score (nSPS) is 15.1. The van der Waals surface area contributed by atoms with Crippen molar-refractivity contribution < 1.29 is 14.6 Å². The highest BCUT2D eigenvalue weighted by atomic mass is 16.5. The number of rotatable bonds is 5. The van der Waals surface area contributed by atoms with E-state index in [0.717, 1.165) is 33.7 Å². The molecule has 3 aromatic rings. The number of hydrogen-bond donors (Lipinski definition) is 2. The molecule has 4 rings (SSSR count). The second-order valence-corrected chi connectivity index (χ2v) is 8.02. The van der Waals surface area contributed by atoms with E-state index in [-0.39, 0.29) is 6.42 Å². The van der Waals surface area contributed by atoms with Gasteiger partial charge in [0.1, 0.15) is 11.5 Å². The number of aryl methyl sites for hydroxylation is 2. The third kappa shape index (κ3) is 3.77. The van der Waals surface area contributed by atoms with Gasteiger partial charge >= 0.3 is 5.97 Å². The summed E-state index contributed by atoms with van der Waals surface area (Å²) in [6.45, 7) is 3.94. The number of aliphatic carboxylic acids is 1. The number of carboxylic acid groups (broad SMARTS) is 1. The van der Waals surface area contributed by atoms with Gasteiger partial charge in [0, 0.05) is 17.1 Å². The van der Waals surface area contributed by atoms with Crippen LogP contribution in [0.3, 0.4) is 0 Å². The molecule has 1 aromatic heterocycles. The summed E-state index contributed by atoms with van der Waals surface area (Å²) >= 11 is 0. The molecule has 2 aromatic carbocycles. The molecule has 2 N–H and O–H groups in total. The second-order valence-electron chi connectivity index (χ2n) is 8.02. The summed E-state index contributed by atoms with van der Waals surface area (Å²) in [5.41, 5.74) is 5.27. The molecule has 1 saturated carbocycles. The minimum Gasteiger partial charge on any atom is -0.481 e. The quantitative estimate of drug-likeness (QED) is 0.552. The molecule has 0 radical (unpaired) electrons. The van der Waals surface area contributed by atoms with Crippen molar-refractivity contribution in [2.75, 3.05) is 0 Å². The van der Waals surface area contributed by atoms with Gasteiger partial charge in [-0.15, -0.1) is 0 Å². The van der Waals surface area contributed by atoms with Crippen LogP contribution in [0.5, 0.6) is 11.5 Å². The fourth-order valence-electron chi connectivity index (χ4n) is 4.53. The molecule has 0 bridgehead atoms. The molecule has 1 fully saturated rings. The van der Waals surface area contributed by atoms with E-state index < -0.39 is 5.97 Å². The van der Waals surface area contributed by atoms with Crippen LogP contribution in [0, 0.1) is 13.8 Å². The zero-order valence-corrected chi connectivity index (χ0v) is 16.5. The topological polar surface area (TPSA) is 62.3 Å². The largest absolute Gasteiger partial charge is 0.481 e. The average Bonchev–Trinajstić information content (AvgIpc) is 3.08. The van der Waals surface area contributed by atoms with Gasteiger partial charge in [0.25, 0.3) is 0 Å². The number of benzene rings is 2. The van der Waals surface area contributed by atoms with Crippen molar-refractivity contribution in [3.63, 3.8) is 0 Å². The van der Waals surface area contributed by atoms with Gasteiger partial charge in [-0.2, -0.15) is 0 Å². The van der Waals surface area contributed by atoms with Gasteiger partial charge in [-0.05, 0) is 73.1 Å². The molecule has 0 spiro atoms. The fourth-order valence-corrected chi connectivity index (χ4v) is 4.53. The second kappa shape index (κ2) is 7.70. The zero-order chi connectivity index (χ0) is 19.7. The monoisotopic (exact) mass is 377 g/mol. The number of nitrogens with one attached hydrogen (secondary N) is 1. The maximum Gasteiger partial charge on any atom is 0.307 e. The van der Waals surface area contributed by atoms with Gasteiger partial charge < -0.3 is 14.8 Å². The number of fused-ring (bicyclic) bond motifs is 1. The van der Waals surface area contributed by atoms with Gasteiger partial charge in [0.05, 0.1) is 6.42 Å². The van der Waals surface area contributed by atoms with Crippen LogP contribution in [0.1, 0.15) is 60.3 Å². The molecule has 4 nitrogen and oxygen atoms in total. The first-order chi connectivity index (χ1) is 13.5. The number of carboxylic acids is 1. The predicted molar refractivity (Wildman–Crippen MR) is 111 cm³/mol. The summed E-state index contributed by atoms with van der Waals surface area (Å²) in [7, 11) is 0. The SMILES string of the molecule is Cc1cc(CC(=O)O)cc(C)c1Oc1ccc2[nH]cc(C3CCCCC3)c2c1. The molecular formula is C24H27NO3. The molecule has 0 saturated heterocycles. The first kappa shape index (κ1) is 18.6. The molecule has 0 atom stereocenters. The van der Waals surface area contributed by atoms with Crippen molar-refractivity contribution in [1.29, 1.82) is 0 Å². The molecule has 0 amide bonds. The van der Waals surface area contributed by atoms with Crippen molar-refractivity contribution >= 4 is 16.9 Å². The zero-order valence-electron chi connectivity index (χ0n) is 16.5. The Kier molecular flexibility index (Phi) is 5.12. The van der Waals surface area contributed by atoms with Crippen molar-refractivity contribution in [2.45, 2.75) is 58.3 Å². The lowest BCUT2D eigenvalue weighted by atomic mass is 9.84. The number of hydrogen-bond acceptors (Lipinski definition) is 2. The Morgan fingerprint density at radius 3 is 2.50 bits per heavy atom. The van der Waals surface area contributed by atoms with E-state index in [4.69, 9.17) is 9.84 Å². The summed E-state index contributed by atoms with van der Waals surface area (Å²) in [5.74, 6) is 1.45. The lowest BCUT2D eigenvalue weighted by Crippen LogP contribution is -2.03. The summed E-state index contributed by atoms with van der Waals surface area (Å²) in [5, 5.41) is 10.3. The maximum atomic E-state index is 11.0. The summed E-state index contributed by atoms with van der Waals surface area (Å²) in [6.07, 6.45) is 8.71. The minimum absolute atomic E-state index is 0.0298. The van der Waals surface area contributed by atoms with E-state index in [1.165, 1.54) is 43.1 Å². The predicted octanol–water partition coefficient (Wildman–Crippen LogP) is 6.25. The molecule has 1 heterocycles. The minimum atomic E-state index is -0.819. The first-order valence-corrected chi connectivity index (χ1v) is 10.1. The van der Waals surface area contributed by atoms with Crippen LogP contribution in [0.25, 0.3) is 10.9 Å². The van der Waals surface area contributed by atoms with Crippen molar-refractivity contribution in [3.8, 4) is 11.5 Å². The lowest BCUT2D eigenvalue weighted by molar-refractivity contribution is -0.136. The summed E-state index contributed by atoms with van der Waals surface area (Å²) in [6, 6.07) is 10.0.